The van der Waals surface area contributed by atoms with Gasteiger partial charge in [-0.15, -0.1) is 0 Å². The van der Waals surface area contributed by atoms with Gasteiger partial charge < -0.3 is 4.98 Å². The molecule has 2 aromatic rings. The predicted octanol–water partition coefficient (Wildman–Crippen LogP) is 1.61. The van der Waals surface area contributed by atoms with E-state index in [9.17, 15) is 4.79 Å². The van der Waals surface area contributed by atoms with Crippen LogP contribution in [0.2, 0.25) is 0 Å². The van der Waals surface area contributed by atoms with Crippen LogP contribution in [0, 0.1) is 0 Å². The molecule has 1 N–H and O–H groups in total. The number of hydrogen-bond donors (Lipinski definition) is 1. The average molecular weight is 230 g/mol. The molecule has 1 aliphatic carbocycles. The lowest BCUT2D eigenvalue weighted by Crippen LogP contribution is -2.09. The van der Waals surface area contributed by atoms with Gasteiger partial charge >= 0.3 is 0 Å². The van der Waals surface area contributed by atoms with E-state index in [1.807, 2.05) is 0 Å². The number of aromatic amines is 1. The maximum Gasteiger partial charge on any atom is 0.276 e. The zero-order chi connectivity index (χ0) is 11.8. The molecule has 3 rings (SSSR count). The van der Waals surface area contributed by atoms with Crippen LogP contribution in [0.1, 0.15) is 31.4 Å². The molecule has 0 fully saturated rings. The van der Waals surface area contributed by atoms with E-state index in [0.29, 0.717) is 11.0 Å². The molecule has 88 valence electrons. The highest BCUT2D eigenvalue weighted by Gasteiger charge is 2.17. The van der Waals surface area contributed by atoms with Crippen LogP contribution >= 0.6 is 0 Å². The summed E-state index contributed by atoms with van der Waals surface area (Å²) in [5.74, 6) is 0. The van der Waals surface area contributed by atoms with Crippen LogP contribution in [0.15, 0.2) is 17.2 Å². The van der Waals surface area contributed by atoms with E-state index in [4.69, 9.17) is 0 Å². The van der Waals surface area contributed by atoms with Gasteiger partial charge in [0, 0.05) is 7.05 Å². The third kappa shape index (κ3) is 1.58. The molecule has 0 saturated carbocycles. The molecule has 0 unspecified atom stereocenters. The summed E-state index contributed by atoms with van der Waals surface area (Å²) < 4.78 is 1.62. The van der Waals surface area contributed by atoms with Crippen molar-refractivity contribution in [1.82, 2.24) is 19.7 Å². The number of fused-ring (bicyclic) bond motifs is 1. The summed E-state index contributed by atoms with van der Waals surface area (Å²) in [7, 11) is 1.78. The van der Waals surface area contributed by atoms with Crippen molar-refractivity contribution in [3.63, 3.8) is 0 Å². The van der Waals surface area contributed by atoms with E-state index in [2.05, 4.69) is 21.1 Å². The molecule has 0 amide bonds. The van der Waals surface area contributed by atoms with Crippen LogP contribution in [0.4, 0.5) is 0 Å². The van der Waals surface area contributed by atoms with Gasteiger partial charge in [0.15, 0.2) is 5.52 Å². The van der Waals surface area contributed by atoms with Gasteiger partial charge in [0.2, 0.25) is 0 Å². The smallest absolute Gasteiger partial charge is 0.276 e. The van der Waals surface area contributed by atoms with Crippen molar-refractivity contribution >= 4 is 16.6 Å². The fraction of sp³-hybridized carbons (Fsp3) is 0.417. The Bertz CT molecular complexity index is 650. The lowest BCUT2D eigenvalue weighted by atomic mass is 9.97. The molecule has 1 aliphatic rings. The summed E-state index contributed by atoms with van der Waals surface area (Å²) in [4.78, 5) is 18.6. The molecular weight excluding hydrogens is 216 g/mol. The molecule has 17 heavy (non-hydrogen) atoms. The number of hydrogen-bond acceptors (Lipinski definition) is 3. The molecule has 0 atom stereocenters. The van der Waals surface area contributed by atoms with Crippen molar-refractivity contribution in [3.05, 3.63) is 28.5 Å². The van der Waals surface area contributed by atoms with E-state index in [1.165, 1.54) is 24.7 Å². The van der Waals surface area contributed by atoms with E-state index in [-0.39, 0.29) is 5.56 Å². The Labute approximate surface area is 98.2 Å². The summed E-state index contributed by atoms with van der Waals surface area (Å²) in [6, 6.07) is 0. The number of nitrogens with zero attached hydrogens (tertiary/aromatic N) is 3. The molecule has 0 aliphatic heterocycles. The van der Waals surface area contributed by atoms with Crippen molar-refractivity contribution in [2.24, 2.45) is 7.05 Å². The standard InChI is InChI=1S/C12H14N4O/c1-16-11-10(13-7-14-12(11)17)9(15-16)8-5-3-2-4-6-8/h5,7H,2-4,6H2,1H3,(H,13,14,17). The molecule has 0 saturated heterocycles. The minimum absolute atomic E-state index is 0.132. The van der Waals surface area contributed by atoms with Crippen molar-refractivity contribution < 1.29 is 0 Å². The highest BCUT2D eigenvalue weighted by atomic mass is 16.1. The third-order valence-electron chi connectivity index (χ3n) is 3.22. The average Bonchev–Trinajstić information content (AvgIpc) is 2.69. The first kappa shape index (κ1) is 10.3. The molecule has 0 radical (unpaired) electrons. The molecule has 5 nitrogen and oxygen atoms in total. The summed E-state index contributed by atoms with van der Waals surface area (Å²) >= 11 is 0. The van der Waals surface area contributed by atoms with Gasteiger partial charge in [0.25, 0.3) is 5.56 Å². The Kier molecular flexibility index (Phi) is 2.31. The van der Waals surface area contributed by atoms with Gasteiger partial charge in [0.05, 0.1) is 6.33 Å². The number of H-pyrrole nitrogens is 1. The quantitative estimate of drug-likeness (QED) is 0.809. The highest BCUT2D eigenvalue weighted by molar-refractivity contribution is 5.86. The Morgan fingerprint density at radius 1 is 1.41 bits per heavy atom. The maximum atomic E-state index is 11.7. The number of aryl methyl sites for hydroxylation is 1. The minimum atomic E-state index is -0.132. The first-order chi connectivity index (χ1) is 8.27. The van der Waals surface area contributed by atoms with E-state index < -0.39 is 0 Å². The fourth-order valence-corrected chi connectivity index (χ4v) is 2.38. The Morgan fingerprint density at radius 2 is 2.29 bits per heavy atom. The van der Waals surface area contributed by atoms with E-state index in [1.54, 1.807) is 11.7 Å². The topological polar surface area (TPSA) is 63.6 Å². The monoisotopic (exact) mass is 230 g/mol. The van der Waals surface area contributed by atoms with Crippen molar-refractivity contribution in [2.75, 3.05) is 0 Å². The summed E-state index contributed by atoms with van der Waals surface area (Å²) in [6.45, 7) is 0. The number of allylic oxidation sites excluding steroid dienone is 2. The van der Waals surface area contributed by atoms with Crippen molar-refractivity contribution in [2.45, 2.75) is 25.7 Å². The zero-order valence-electron chi connectivity index (χ0n) is 9.73. The summed E-state index contributed by atoms with van der Waals surface area (Å²) in [5.41, 5.74) is 3.22. The molecule has 5 heteroatoms. The lowest BCUT2D eigenvalue weighted by Gasteiger charge is -2.09. The molecular formula is C12H14N4O. The second kappa shape index (κ2) is 3.84. The fourth-order valence-electron chi connectivity index (χ4n) is 2.38. The maximum absolute atomic E-state index is 11.7. The van der Waals surface area contributed by atoms with Crippen LogP contribution in [0.5, 0.6) is 0 Å². The number of nitrogens with one attached hydrogen (secondary N) is 1. The summed E-state index contributed by atoms with van der Waals surface area (Å²) in [6.07, 6.45) is 8.21. The number of rotatable bonds is 1. The predicted molar refractivity (Wildman–Crippen MR) is 65.6 cm³/mol. The molecule has 0 spiro atoms. The molecule has 2 aromatic heterocycles. The van der Waals surface area contributed by atoms with Crippen LogP contribution in [0.25, 0.3) is 16.6 Å². The van der Waals surface area contributed by atoms with E-state index in [0.717, 1.165) is 18.5 Å². The molecule has 0 bridgehead atoms. The van der Waals surface area contributed by atoms with E-state index >= 15 is 0 Å². The Hall–Kier alpha value is -1.91. The Balaban J connectivity index is 2.27. The lowest BCUT2D eigenvalue weighted by molar-refractivity contribution is 0.732. The second-order valence-corrected chi connectivity index (χ2v) is 4.38. The number of aromatic nitrogens is 4. The van der Waals surface area contributed by atoms with Gasteiger partial charge in [0.1, 0.15) is 11.2 Å². The highest BCUT2D eigenvalue weighted by Crippen LogP contribution is 2.28. The largest absolute Gasteiger partial charge is 0.311 e. The van der Waals surface area contributed by atoms with Crippen molar-refractivity contribution in [3.8, 4) is 0 Å². The van der Waals surface area contributed by atoms with Crippen LogP contribution in [-0.4, -0.2) is 19.7 Å². The Morgan fingerprint density at radius 3 is 3.06 bits per heavy atom. The second-order valence-electron chi connectivity index (χ2n) is 4.38. The third-order valence-corrected chi connectivity index (χ3v) is 3.22. The summed E-state index contributed by atoms with van der Waals surface area (Å²) in [5, 5.41) is 4.44. The van der Waals surface area contributed by atoms with Crippen LogP contribution in [-0.2, 0) is 7.05 Å². The van der Waals surface area contributed by atoms with Crippen LogP contribution < -0.4 is 5.56 Å². The molecule has 2 heterocycles. The SMILES string of the molecule is Cn1nc(C2=CCCCC2)c2nc[nH]c(=O)c21. The zero-order valence-corrected chi connectivity index (χ0v) is 9.73. The van der Waals surface area contributed by atoms with Gasteiger partial charge in [-0.3, -0.25) is 9.48 Å². The normalized spacial score (nSPS) is 16.2. The molecule has 0 aromatic carbocycles. The van der Waals surface area contributed by atoms with Gasteiger partial charge in [-0.05, 0) is 31.3 Å². The van der Waals surface area contributed by atoms with Gasteiger partial charge in [-0.25, -0.2) is 4.98 Å². The van der Waals surface area contributed by atoms with Gasteiger partial charge in [-0.2, -0.15) is 5.10 Å². The first-order valence-electron chi connectivity index (χ1n) is 5.87. The van der Waals surface area contributed by atoms with Crippen LogP contribution in [0.3, 0.4) is 0 Å². The van der Waals surface area contributed by atoms with Gasteiger partial charge in [-0.1, -0.05) is 6.08 Å². The van der Waals surface area contributed by atoms with Crippen molar-refractivity contribution in [1.29, 1.82) is 0 Å². The minimum Gasteiger partial charge on any atom is -0.311 e. The first-order valence-corrected chi connectivity index (χ1v) is 5.87.